The van der Waals surface area contributed by atoms with E-state index in [1.54, 1.807) is 36.7 Å². The van der Waals surface area contributed by atoms with Gasteiger partial charge < -0.3 is 14.8 Å². The molecule has 148 valence electrons. The van der Waals surface area contributed by atoms with Gasteiger partial charge in [0.15, 0.2) is 23.0 Å². The molecular weight excluding hydrogens is 388 g/mol. The van der Waals surface area contributed by atoms with Crippen LogP contribution in [0.4, 0.5) is 5.69 Å². The zero-order chi connectivity index (χ0) is 20.5. The van der Waals surface area contributed by atoms with Crippen molar-refractivity contribution in [3.8, 4) is 22.9 Å². The monoisotopic (exact) mass is 402 g/mol. The van der Waals surface area contributed by atoms with Gasteiger partial charge in [-0.1, -0.05) is 0 Å². The van der Waals surface area contributed by atoms with E-state index in [1.807, 2.05) is 6.07 Å². The van der Waals surface area contributed by atoms with Gasteiger partial charge in [-0.05, 0) is 24.3 Å². The van der Waals surface area contributed by atoms with Crippen molar-refractivity contribution in [2.24, 2.45) is 0 Å². The molecule has 0 saturated carbocycles. The van der Waals surface area contributed by atoms with Gasteiger partial charge in [0.1, 0.15) is 18.3 Å². The van der Waals surface area contributed by atoms with Crippen molar-refractivity contribution in [1.82, 2.24) is 24.5 Å². The molecule has 30 heavy (non-hydrogen) atoms. The third-order valence-corrected chi connectivity index (χ3v) is 4.47. The maximum Gasteiger partial charge on any atom is 0.264 e. The minimum Gasteiger partial charge on any atom is -0.454 e. The summed E-state index contributed by atoms with van der Waals surface area (Å²) in [6.45, 7) is -0.0595. The van der Waals surface area contributed by atoms with Crippen molar-refractivity contribution < 1.29 is 14.3 Å². The van der Waals surface area contributed by atoms with Gasteiger partial charge in [0.2, 0.25) is 12.7 Å². The number of nitrogens with zero attached hydrogens (tertiary/aromatic N) is 5. The average Bonchev–Trinajstić information content (AvgIpc) is 3.24. The standard InChI is InChI=1S/C20H14N6O4/c27-17(24-13-3-4-15-16(6-13)30-11-29-15)9-26-10-23-19-14(20(26)28)8-22-18(25-19)12-2-1-5-21-7-12/h1-8,10H,9,11H2,(H,24,27). The lowest BCUT2D eigenvalue weighted by Gasteiger charge is -2.08. The Morgan fingerprint density at radius 2 is 2.03 bits per heavy atom. The van der Waals surface area contributed by atoms with Crippen LogP contribution in [0.1, 0.15) is 0 Å². The predicted octanol–water partition coefficient (Wildman–Crippen LogP) is 1.62. The third-order valence-electron chi connectivity index (χ3n) is 4.47. The third kappa shape index (κ3) is 3.30. The van der Waals surface area contributed by atoms with Crippen LogP contribution in [0.25, 0.3) is 22.4 Å². The van der Waals surface area contributed by atoms with Crippen LogP contribution in [-0.2, 0) is 11.3 Å². The molecule has 1 aliphatic heterocycles. The van der Waals surface area contributed by atoms with Gasteiger partial charge in [0, 0.05) is 35.9 Å². The van der Waals surface area contributed by atoms with E-state index in [4.69, 9.17) is 9.47 Å². The van der Waals surface area contributed by atoms with E-state index in [0.717, 1.165) is 0 Å². The fraction of sp³-hybridized carbons (Fsp3) is 0.100. The van der Waals surface area contributed by atoms with Crippen molar-refractivity contribution in [3.05, 3.63) is 65.6 Å². The summed E-state index contributed by atoms with van der Waals surface area (Å²) in [6.07, 6.45) is 5.98. The highest BCUT2D eigenvalue weighted by molar-refractivity contribution is 5.91. The van der Waals surface area contributed by atoms with E-state index in [1.165, 1.54) is 17.1 Å². The molecule has 4 heterocycles. The van der Waals surface area contributed by atoms with Crippen molar-refractivity contribution in [1.29, 1.82) is 0 Å². The van der Waals surface area contributed by atoms with Crippen LogP contribution < -0.4 is 20.3 Å². The van der Waals surface area contributed by atoms with Gasteiger partial charge in [-0.3, -0.25) is 19.1 Å². The Morgan fingerprint density at radius 3 is 2.90 bits per heavy atom. The molecule has 5 rings (SSSR count). The number of pyridine rings is 1. The number of ether oxygens (including phenoxy) is 2. The number of aromatic nitrogens is 5. The van der Waals surface area contributed by atoms with Crippen molar-refractivity contribution >= 4 is 22.6 Å². The first-order valence-corrected chi connectivity index (χ1v) is 8.99. The second kappa shape index (κ2) is 7.24. The Kier molecular flexibility index (Phi) is 4.28. The lowest BCUT2D eigenvalue weighted by Crippen LogP contribution is -2.28. The SMILES string of the molecule is O=C(Cn1cnc2nc(-c3cccnc3)ncc2c1=O)Nc1ccc2c(c1)OCO2. The van der Waals surface area contributed by atoms with E-state index in [-0.39, 0.29) is 30.3 Å². The number of fused-ring (bicyclic) bond motifs is 2. The zero-order valence-electron chi connectivity index (χ0n) is 15.5. The molecule has 1 aromatic carbocycles. The molecule has 0 bridgehead atoms. The summed E-state index contributed by atoms with van der Waals surface area (Å²) in [7, 11) is 0. The number of hydrogen-bond acceptors (Lipinski definition) is 8. The quantitative estimate of drug-likeness (QED) is 0.547. The second-order valence-corrected chi connectivity index (χ2v) is 6.47. The Labute approximate surface area is 169 Å². The normalized spacial score (nSPS) is 12.1. The Bertz CT molecular complexity index is 1320. The Morgan fingerprint density at radius 1 is 1.13 bits per heavy atom. The molecule has 10 nitrogen and oxygen atoms in total. The lowest BCUT2D eigenvalue weighted by molar-refractivity contribution is -0.116. The maximum absolute atomic E-state index is 12.7. The summed E-state index contributed by atoms with van der Waals surface area (Å²) in [5.41, 5.74) is 1.10. The Balaban J connectivity index is 1.37. The molecule has 0 saturated heterocycles. The van der Waals surface area contributed by atoms with Crippen molar-refractivity contribution in [2.45, 2.75) is 6.54 Å². The van der Waals surface area contributed by atoms with Gasteiger partial charge in [-0.25, -0.2) is 15.0 Å². The first-order valence-electron chi connectivity index (χ1n) is 8.99. The van der Waals surface area contributed by atoms with Crippen molar-refractivity contribution in [2.75, 3.05) is 12.1 Å². The van der Waals surface area contributed by atoms with Crippen LogP contribution in [0.2, 0.25) is 0 Å². The highest BCUT2D eigenvalue weighted by Crippen LogP contribution is 2.34. The summed E-state index contributed by atoms with van der Waals surface area (Å²) >= 11 is 0. The minimum atomic E-state index is -0.404. The molecule has 1 amide bonds. The van der Waals surface area contributed by atoms with E-state index < -0.39 is 5.56 Å². The molecule has 4 aromatic rings. The summed E-state index contributed by atoms with van der Waals surface area (Å²) in [5, 5.41) is 2.95. The van der Waals surface area contributed by atoms with Crippen LogP contribution in [-0.4, -0.2) is 37.2 Å². The van der Waals surface area contributed by atoms with Gasteiger partial charge in [0.05, 0.1) is 0 Å². The molecule has 0 unspecified atom stereocenters. The first-order chi connectivity index (χ1) is 14.7. The molecule has 1 aliphatic rings. The van der Waals surface area contributed by atoms with Crippen molar-refractivity contribution in [3.63, 3.8) is 0 Å². The molecule has 0 fully saturated rings. The van der Waals surface area contributed by atoms with Crippen LogP contribution in [0, 0.1) is 0 Å². The lowest BCUT2D eigenvalue weighted by atomic mass is 10.2. The summed E-state index contributed by atoms with van der Waals surface area (Å²) in [4.78, 5) is 41.9. The minimum absolute atomic E-state index is 0.148. The van der Waals surface area contributed by atoms with Gasteiger partial charge in [0.25, 0.3) is 5.56 Å². The zero-order valence-corrected chi connectivity index (χ0v) is 15.5. The van der Waals surface area contributed by atoms with Crippen LogP contribution in [0.3, 0.4) is 0 Å². The van der Waals surface area contributed by atoms with Gasteiger partial charge >= 0.3 is 0 Å². The number of anilines is 1. The van der Waals surface area contributed by atoms with Crippen LogP contribution >= 0.6 is 0 Å². The molecule has 3 aromatic heterocycles. The summed E-state index contributed by atoms with van der Waals surface area (Å²) in [6, 6.07) is 8.65. The molecular formula is C20H14N6O4. The number of carbonyl (C=O) groups is 1. The smallest absolute Gasteiger partial charge is 0.264 e. The molecule has 0 aliphatic carbocycles. The fourth-order valence-electron chi connectivity index (χ4n) is 3.03. The molecule has 1 N–H and O–H groups in total. The summed E-state index contributed by atoms with van der Waals surface area (Å²) in [5.74, 6) is 1.21. The molecule has 10 heteroatoms. The van der Waals surface area contributed by atoms with Gasteiger partial charge in [-0.15, -0.1) is 0 Å². The molecule has 0 spiro atoms. The van der Waals surface area contributed by atoms with E-state index in [9.17, 15) is 9.59 Å². The Hall–Kier alpha value is -4.34. The number of nitrogens with one attached hydrogen (secondary N) is 1. The van der Waals surface area contributed by atoms with E-state index in [0.29, 0.717) is 28.6 Å². The fourth-order valence-corrected chi connectivity index (χ4v) is 3.03. The highest BCUT2D eigenvalue weighted by Gasteiger charge is 2.15. The van der Waals surface area contributed by atoms with Crippen LogP contribution in [0.5, 0.6) is 11.5 Å². The molecule has 0 atom stereocenters. The number of amides is 1. The van der Waals surface area contributed by atoms with E-state index >= 15 is 0 Å². The predicted molar refractivity (Wildman–Crippen MR) is 106 cm³/mol. The second-order valence-electron chi connectivity index (χ2n) is 6.47. The van der Waals surface area contributed by atoms with Gasteiger partial charge in [-0.2, -0.15) is 0 Å². The summed E-state index contributed by atoms with van der Waals surface area (Å²) < 4.78 is 11.7. The number of hydrogen-bond donors (Lipinski definition) is 1. The number of rotatable bonds is 4. The highest BCUT2D eigenvalue weighted by atomic mass is 16.7. The van der Waals surface area contributed by atoms with Crippen LogP contribution in [0.15, 0.2) is 60.0 Å². The van der Waals surface area contributed by atoms with E-state index in [2.05, 4.69) is 25.3 Å². The first kappa shape index (κ1) is 17.7. The largest absolute Gasteiger partial charge is 0.454 e. The maximum atomic E-state index is 12.7. The average molecular weight is 402 g/mol. The topological polar surface area (TPSA) is 121 Å². The number of benzene rings is 1. The molecule has 0 radical (unpaired) electrons. The number of carbonyl (C=O) groups excluding carboxylic acids is 1.